The van der Waals surface area contributed by atoms with E-state index in [0.717, 1.165) is 11.1 Å². The van der Waals surface area contributed by atoms with E-state index < -0.39 is 0 Å². The predicted molar refractivity (Wildman–Crippen MR) is 85.2 cm³/mol. The molecule has 6 heteroatoms. The van der Waals surface area contributed by atoms with Crippen molar-refractivity contribution in [1.29, 1.82) is 0 Å². The van der Waals surface area contributed by atoms with Gasteiger partial charge in [-0.2, -0.15) is 0 Å². The fourth-order valence-electron chi connectivity index (χ4n) is 2.44. The molecule has 0 aliphatic heterocycles. The lowest BCUT2D eigenvalue weighted by Crippen LogP contribution is -2.38. The van der Waals surface area contributed by atoms with E-state index in [9.17, 15) is 0 Å². The molecular weight excluding hydrogens is 294 g/mol. The van der Waals surface area contributed by atoms with Crippen molar-refractivity contribution in [3.8, 4) is 22.8 Å². The van der Waals surface area contributed by atoms with Crippen LogP contribution < -0.4 is 19.9 Å². The Morgan fingerprint density at radius 1 is 1.04 bits per heavy atom. The van der Waals surface area contributed by atoms with Crippen LogP contribution in [-0.4, -0.2) is 19.5 Å². The molecule has 3 rings (SSSR count). The van der Waals surface area contributed by atoms with Gasteiger partial charge in [-0.25, -0.2) is 0 Å². The second-order valence-corrected chi connectivity index (χ2v) is 5.00. The Kier molecular flexibility index (Phi) is 4.14. The average molecular weight is 312 g/mol. The van der Waals surface area contributed by atoms with Crippen molar-refractivity contribution in [3.63, 3.8) is 0 Å². The summed E-state index contributed by atoms with van der Waals surface area (Å²) >= 11 is 0. The second kappa shape index (κ2) is 6.39. The largest absolute Gasteiger partial charge is 0.493 e. The van der Waals surface area contributed by atoms with Crippen LogP contribution in [0.15, 0.2) is 53.1 Å². The maximum atomic E-state index is 5.97. The molecule has 0 atom stereocenters. The van der Waals surface area contributed by atoms with Crippen molar-refractivity contribution in [1.82, 2.24) is 5.27 Å². The number of rotatable bonds is 5. The van der Waals surface area contributed by atoms with Crippen LogP contribution in [0.5, 0.6) is 11.5 Å². The lowest BCUT2D eigenvalue weighted by Gasteiger charge is -2.07. The van der Waals surface area contributed by atoms with Gasteiger partial charge in [0.2, 0.25) is 11.8 Å². The van der Waals surface area contributed by atoms with Crippen LogP contribution >= 0.6 is 0 Å². The Morgan fingerprint density at radius 2 is 1.78 bits per heavy atom. The van der Waals surface area contributed by atoms with Crippen LogP contribution in [0.25, 0.3) is 11.3 Å². The second-order valence-electron chi connectivity index (χ2n) is 5.00. The van der Waals surface area contributed by atoms with E-state index in [4.69, 9.17) is 19.7 Å². The molecule has 0 radical (unpaired) electrons. The van der Waals surface area contributed by atoms with E-state index in [1.54, 1.807) is 18.9 Å². The summed E-state index contributed by atoms with van der Waals surface area (Å²) in [5.41, 5.74) is 8.62. The van der Waals surface area contributed by atoms with Gasteiger partial charge < -0.3 is 15.2 Å². The number of aromatic nitrogens is 2. The zero-order chi connectivity index (χ0) is 16.2. The van der Waals surface area contributed by atoms with Gasteiger partial charge in [-0.05, 0) is 22.9 Å². The summed E-state index contributed by atoms with van der Waals surface area (Å²) in [6.45, 7) is 0.561. The predicted octanol–water partition coefficient (Wildman–Crippen LogP) is 2.28. The van der Waals surface area contributed by atoms with Crippen LogP contribution in [0.2, 0.25) is 0 Å². The monoisotopic (exact) mass is 312 g/mol. The quantitative estimate of drug-likeness (QED) is 0.732. The maximum absolute atomic E-state index is 5.97. The highest BCUT2D eigenvalue weighted by Crippen LogP contribution is 2.32. The third kappa shape index (κ3) is 2.96. The summed E-state index contributed by atoms with van der Waals surface area (Å²) in [5, 5.41) is 4.03. The highest BCUT2D eigenvalue weighted by Gasteiger charge is 2.26. The molecule has 23 heavy (non-hydrogen) atoms. The summed E-state index contributed by atoms with van der Waals surface area (Å²) < 4.78 is 17.5. The van der Waals surface area contributed by atoms with Crippen LogP contribution in [0.1, 0.15) is 5.56 Å². The van der Waals surface area contributed by atoms with Gasteiger partial charge in [0.05, 0.1) is 19.8 Å². The first-order chi connectivity index (χ1) is 11.2. The fourth-order valence-corrected chi connectivity index (χ4v) is 2.44. The highest BCUT2D eigenvalue weighted by atomic mass is 16.5. The molecule has 2 aromatic carbocycles. The third-order valence-electron chi connectivity index (χ3n) is 3.56. The zero-order valence-electron chi connectivity index (χ0n) is 13.0. The molecule has 0 saturated carbocycles. The van der Waals surface area contributed by atoms with Crippen LogP contribution in [0, 0.1) is 0 Å². The molecule has 0 fully saturated rings. The van der Waals surface area contributed by atoms with Gasteiger partial charge in [0.1, 0.15) is 0 Å². The average Bonchev–Trinajstić information content (AvgIpc) is 2.95. The Labute approximate surface area is 134 Å². The number of benzene rings is 2. The topological polar surface area (TPSA) is 74.4 Å². The highest BCUT2D eigenvalue weighted by molar-refractivity contribution is 5.68. The molecule has 118 valence electrons. The maximum Gasteiger partial charge on any atom is 0.305 e. The van der Waals surface area contributed by atoms with Crippen molar-refractivity contribution >= 4 is 5.88 Å². The van der Waals surface area contributed by atoms with Crippen LogP contribution in [-0.2, 0) is 6.54 Å². The minimum Gasteiger partial charge on any atom is -0.493 e. The molecule has 0 saturated heterocycles. The molecule has 2 N–H and O–H groups in total. The molecule has 1 heterocycles. The zero-order valence-corrected chi connectivity index (χ0v) is 13.0. The number of nitrogen functional groups attached to an aromatic ring is 1. The summed E-state index contributed by atoms with van der Waals surface area (Å²) in [6.07, 6.45) is 0. The van der Waals surface area contributed by atoms with Crippen molar-refractivity contribution in [2.45, 2.75) is 6.54 Å². The smallest absolute Gasteiger partial charge is 0.305 e. The van der Waals surface area contributed by atoms with Crippen LogP contribution in [0.4, 0.5) is 5.88 Å². The number of nitrogens with zero attached hydrogens (tertiary/aromatic N) is 2. The lowest BCUT2D eigenvalue weighted by atomic mass is 10.1. The SMILES string of the molecule is COc1ccc(-c2c(N)on[n+]2Cc2ccccc2)cc1OC. The summed E-state index contributed by atoms with van der Waals surface area (Å²) in [4.78, 5) is 0. The van der Waals surface area contributed by atoms with Crippen molar-refractivity contribution < 1.29 is 18.7 Å². The Bertz CT molecular complexity index is 800. The van der Waals surface area contributed by atoms with Gasteiger partial charge in [0, 0.05) is 5.56 Å². The molecule has 3 aromatic rings. The van der Waals surface area contributed by atoms with Crippen molar-refractivity contribution in [2.24, 2.45) is 0 Å². The number of anilines is 1. The number of nitrogens with two attached hydrogens (primary N) is 1. The van der Waals surface area contributed by atoms with Gasteiger partial charge in [0.15, 0.2) is 11.5 Å². The summed E-state index contributed by atoms with van der Waals surface area (Å²) in [6, 6.07) is 15.6. The van der Waals surface area contributed by atoms with E-state index in [-0.39, 0.29) is 5.88 Å². The first-order valence-electron chi connectivity index (χ1n) is 7.14. The Hall–Kier alpha value is -3.02. The summed E-state index contributed by atoms with van der Waals surface area (Å²) in [5.74, 6) is 1.53. The number of ether oxygens (including phenoxy) is 2. The molecule has 1 aromatic heterocycles. The van der Waals surface area contributed by atoms with E-state index in [0.29, 0.717) is 23.7 Å². The molecule has 0 aliphatic carbocycles. The van der Waals surface area contributed by atoms with E-state index in [2.05, 4.69) is 5.27 Å². The first-order valence-corrected chi connectivity index (χ1v) is 7.14. The fraction of sp³-hybridized carbons (Fsp3) is 0.176. The standard InChI is InChI=1S/C17H18N3O3/c1-21-14-9-8-13(10-15(14)22-2)16-17(18)23-19-20(16)11-12-6-4-3-5-7-12/h3-10H,11,18H2,1-2H3/q+1. The Balaban J connectivity index is 2.01. The third-order valence-corrected chi connectivity index (χ3v) is 3.56. The first kappa shape index (κ1) is 14.9. The number of hydrogen-bond donors (Lipinski definition) is 1. The molecular formula is C17H18N3O3+. The molecule has 0 spiro atoms. The van der Waals surface area contributed by atoms with E-state index >= 15 is 0 Å². The van der Waals surface area contributed by atoms with Gasteiger partial charge in [0.25, 0.3) is 0 Å². The van der Waals surface area contributed by atoms with Crippen molar-refractivity contribution in [3.05, 3.63) is 54.1 Å². The number of methoxy groups -OCH3 is 2. The summed E-state index contributed by atoms with van der Waals surface area (Å²) in [7, 11) is 3.19. The molecule has 0 unspecified atom stereocenters. The molecule has 6 nitrogen and oxygen atoms in total. The minimum absolute atomic E-state index is 0.258. The number of hydrogen-bond acceptors (Lipinski definition) is 5. The van der Waals surface area contributed by atoms with Gasteiger partial charge in [-0.3, -0.25) is 4.52 Å². The molecule has 0 amide bonds. The van der Waals surface area contributed by atoms with Gasteiger partial charge in [-0.1, -0.05) is 30.3 Å². The van der Waals surface area contributed by atoms with Gasteiger partial charge >= 0.3 is 11.6 Å². The minimum atomic E-state index is 0.258. The molecule has 0 bridgehead atoms. The van der Waals surface area contributed by atoms with Crippen molar-refractivity contribution in [2.75, 3.05) is 20.0 Å². The van der Waals surface area contributed by atoms with E-state index in [1.165, 1.54) is 0 Å². The van der Waals surface area contributed by atoms with E-state index in [1.807, 2.05) is 48.5 Å². The molecule has 0 aliphatic rings. The van der Waals surface area contributed by atoms with Gasteiger partial charge in [-0.15, -0.1) is 0 Å². The Morgan fingerprint density at radius 3 is 2.48 bits per heavy atom. The van der Waals surface area contributed by atoms with Crippen LogP contribution in [0.3, 0.4) is 0 Å². The normalized spacial score (nSPS) is 10.5. The lowest BCUT2D eigenvalue weighted by molar-refractivity contribution is -0.745.